The van der Waals surface area contributed by atoms with Crippen molar-refractivity contribution in [3.63, 3.8) is 0 Å². The largest absolute Gasteiger partial charge is 0.356 e. The predicted molar refractivity (Wildman–Crippen MR) is 114 cm³/mol. The summed E-state index contributed by atoms with van der Waals surface area (Å²) in [6, 6.07) is 4.40. The lowest BCUT2D eigenvalue weighted by Gasteiger charge is -2.45. The monoisotopic (exact) mass is 414 g/mol. The van der Waals surface area contributed by atoms with Gasteiger partial charge in [0.25, 0.3) is 5.91 Å². The second kappa shape index (κ2) is 9.94. The molecule has 0 spiro atoms. The fraction of sp³-hybridized carbons (Fsp3) is 0.700. The number of fused-ring (bicyclic) bond motifs is 2. The molecule has 2 bridgehead atoms. The Bertz CT molecular complexity index is 610. The molecular weight excluding hydrogens is 383 g/mol. The highest BCUT2D eigenvalue weighted by atomic mass is 35.5. The fourth-order valence-electron chi connectivity index (χ4n) is 5.19. The molecule has 2 atom stereocenters. The number of aromatic nitrogens is 1. The molecule has 1 amide bonds. The van der Waals surface area contributed by atoms with E-state index in [2.05, 4.69) is 15.2 Å². The number of anilines is 1. The summed E-state index contributed by atoms with van der Waals surface area (Å²) >= 11 is 0. The van der Waals surface area contributed by atoms with E-state index in [1.807, 2.05) is 12.1 Å². The van der Waals surface area contributed by atoms with E-state index >= 15 is 0 Å². The molecule has 2 saturated carbocycles. The van der Waals surface area contributed by atoms with Gasteiger partial charge < -0.3 is 16.0 Å². The first-order valence-electron chi connectivity index (χ1n) is 9.99. The van der Waals surface area contributed by atoms with Gasteiger partial charge in [0.2, 0.25) is 0 Å². The molecule has 152 valence electrons. The Morgan fingerprint density at radius 2 is 1.74 bits per heavy atom. The number of piperidine rings is 1. The smallest absolute Gasteiger partial charge is 0.255 e. The molecule has 1 aliphatic heterocycles. The Labute approximate surface area is 174 Å². The van der Waals surface area contributed by atoms with Gasteiger partial charge in [0.15, 0.2) is 0 Å². The number of amides is 1. The number of hydrogen-bond donors (Lipinski definition) is 2. The standard InChI is InChI=1S/C20H30N4O.2ClH/c21-16-12-14-6-4-7-15(13-16)18(14)23-20(25)17-8-5-9-22-19(17)24-10-2-1-3-11-24;;/h5,8-9,14-16,18H,1-4,6-7,10-13,21H2,(H,23,25);2*1H. The molecule has 2 heterocycles. The van der Waals surface area contributed by atoms with Crippen LogP contribution in [-0.2, 0) is 0 Å². The molecule has 0 radical (unpaired) electrons. The summed E-state index contributed by atoms with van der Waals surface area (Å²) in [4.78, 5) is 19.9. The summed E-state index contributed by atoms with van der Waals surface area (Å²) in [7, 11) is 0. The number of pyridine rings is 1. The number of carbonyl (C=O) groups is 1. The van der Waals surface area contributed by atoms with Crippen LogP contribution in [0.5, 0.6) is 0 Å². The molecule has 2 aliphatic carbocycles. The van der Waals surface area contributed by atoms with Crippen LogP contribution in [0, 0.1) is 11.8 Å². The lowest BCUT2D eigenvalue weighted by Crippen LogP contribution is -2.53. The van der Waals surface area contributed by atoms with Gasteiger partial charge in [-0.1, -0.05) is 6.42 Å². The quantitative estimate of drug-likeness (QED) is 0.792. The van der Waals surface area contributed by atoms with Crippen LogP contribution in [0.15, 0.2) is 18.3 Å². The SMILES string of the molecule is Cl.Cl.NC1CC2CCCC(C1)C2NC(=O)c1cccnc1N1CCCCC1. The van der Waals surface area contributed by atoms with E-state index < -0.39 is 0 Å². The molecule has 1 saturated heterocycles. The van der Waals surface area contributed by atoms with Crippen LogP contribution in [0.4, 0.5) is 5.82 Å². The van der Waals surface area contributed by atoms with Crippen LogP contribution in [0.2, 0.25) is 0 Å². The summed E-state index contributed by atoms with van der Waals surface area (Å²) in [5, 5.41) is 3.38. The lowest BCUT2D eigenvalue weighted by molar-refractivity contribution is 0.0756. The predicted octanol–water partition coefficient (Wildman–Crippen LogP) is 3.55. The Kier molecular flexibility index (Phi) is 8.20. The minimum Gasteiger partial charge on any atom is -0.356 e. The third-order valence-corrected chi connectivity index (χ3v) is 6.36. The maximum Gasteiger partial charge on any atom is 0.255 e. The molecule has 27 heavy (non-hydrogen) atoms. The minimum atomic E-state index is 0. The van der Waals surface area contributed by atoms with Crippen molar-refractivity contribution in [3.05, 3.63) is 23.9 Å². The van der Waals surface area contributed by atoms with E-state index in [4.69, 9.17) is 5.73 Å². The third kappa shape index (κ3) is 4.87. The first-order valence-corrected chi connectivity index (χ1v) is 9.99. The van der Waals surface area contributed by atoms with Crippen LogP contribution in [-0.4, -0.2) is 36.1 Å². The Balaban J connectivity index is 0.00000131. The highest BCUT2D eigenvalue weighted by Gasteiger charge is 2.40. The van der Waals surface area contributed by atoms with Gasteiger partial charge in [0, 0.05) is 31.4 Å². The van der Waals surface area contributed by atoms with Gasteiger partial charge in [0.1, 0.15) is 5.82 Å². The van der Waals surface area contributed by atoms with Gasteiger partial charge >= 0.3 is 0 Å². The average Bonchev–Trinajstić information content (AvgIpc) is 2.63. The van der Waals surface area contributed by atoms with Gasteiger partial charge in [0.05, 0.1) is 5.56 Å². The van der Waals surface area contributed by atoms with E-state index in [1.54, 1.807) is 6.20 Å². The molecule has 1 aromatic rings. The van der Waals surface area contributed by atoms with Crippen molar-refractivity contribution in [1.82, 2.24) is 10.3 Å². The van der Waals surface area contributed by atoms with E-state index in [-0.39, 0.29) is 36.8 Å². The number of nitrogens with two attached hydrogens (primary N) is 1. The first-order chi connectivity index (χ1) is 12.2. The normalized spacial score (nSPS) is 29.9. The number of hydrogen-bond acceptors (Lipinski definition) is 4. The molecule has 2 unspecified atom stereocenters. The van der Waals surface area contributed by atoms with E-state index in [0.717, 1.165) is 37.3 Å². The molecule has 3 fully saturated rings. The van der Waals surface area contributed by atoms with Crippen molar-refractivity contribution in [1.29, 1.82) is 0 Å². The Hall–Kier alpha value is -1.04. The molecule has 4 rings (SSSR count). The van der Waals surface area contributed by atoms with Crippen LogP contribution in [0.25, 0.3) is 0 Å². The van der Waals surface area contributed by atoms with Crippen LogP contribution in [0.3, 0.4) is 0 Å². The molecule has 3 aliphatic rings. The second-order valence-electron chi connectivity index (χ2n) is 8.10. The van der Waals surface area contributed by atoms with Gasteiger partial charge in [-0.25, -0.2) is 4.98 Å². The third-order valence-electron chi connectivity index (χ3n) is 6.36. The molecule has 0 aromatic carbocycles. The summed E-state index contributed by atoms with van der Waals surface area (Å²) < 4.78 is 0. The van der Waals surface area contributed by atoms with Crippen molar-refractivity contribution in [2.75, 3.05) is 18.0 Å². The average molecular weight is 415 g/mol. The van der Waals surface area contributed by atoms with Gasteiger partial charge in [-0.3, -0.25) is 4.79 Å². The number of nitrogens with zero attached hydrogens (tertiary/aromatic N) is 2. The maximum absolute atomic E-state index is 13.1. The van der Waals surface area contributed by atoms with Crippen molar-refractivity contribution >= 4 is 36.5 Å². The van der Waals surface area contributed by atoms with Crippen molar-refractivity contribution in [2.45, 2.75) is 63.5 Å². The lowest BCUT2D eigenvalue weighted by atomic mass is 9.67. The molecule has 5 nitrogen and oxygen atoms in total. The number of carbonyl (C=O) groups excluding carboxylic acids is 1. The highest BCUT2D eigenvalue weighted by Crippen LogP contribution is 2.40. The van der Waals surface area contributed by atoms with E-state index in [0.29, 0.717) is 17.9 Å². The molecular formula is C20H32Cl2N4O. The zero-order chi connectivity index (χ0) is 17.2. The maximum atomic E-state index is 13.1. The highest BCUT2D eigenvalue weighted by molar-refractivity contribution is 5.99. The zero-order valence-electron chi connectivity index (χ0n) is 15.8. The first kappa shape index (κ1) is 22.3. The molecule has 3 N–H and O–H groups in total. The van der Waals surface area contributed by atoms with E-state index in [1.165, 1.54) is 38.5 Å². The van der Waals surface area contributed by atoms with Crippen molar-refractivity contribution in [2.24, 2.45) is 17.6 Å². The van der Waals surface area contributed by atoms with Crippen molar-refractivity contribution < 1.29 is 4.79 Å². The van der Waals surface area contributed by atoms with Gasteiger partial charge in [-0.05, 0) is 68.9 Å². The Morgan fingerprint density at radius 1 is 1.07 bits per heavy atom. The fourth-order valence-corrected chi connectivity index (χ4v) is 5.19. The summed E-state index contributed by atoms with van der Waals surface area (Å²) in [6.07, 6.45) is 11.2. The van der Waals surface area contributed by atoms with E-state index in [9.17, 15) is 4.79 Å². The number of nitrogens with one attached hydrogen (secondary N) is 1. The Morgan fingerprint density at radius 3 is 2.41 bits per heavy atom. The molecule has 7 heteroatoms. The second-order valence-corrected chi connectivity index (χ2v) is 8.10. The summed E-state index contributed by atoms with van der Waals surface area (Å²) in [5.74, 6) is 1.99. The van der Waals surface area contributed by atoms with Crippen LogP contribution in [0.1, 0.15) is 61.7 Å². The van der Waals surface area contributed by atoms with Gasteiger partial charge in [-0.2, -0.15) is 0 Å². The van der Waals surface area contributed by atoms with Crippen LogP contribution < -0.4 is 16.0 Å². The number of rotatable bonds is 3. The van der Waals surface area contributed by atoms with Crippen molar-refractivity contribution in [3.8, 4) is 0 Å². The van der Waals surface area contributed by atoms with Crippen LogP contribution >= 0.6 is 24.8 Å². The summed E-state index contributed by atoms with van der Waals surface area (Å²) in [6.45, 7) is 2.00. The topological polar surface area (TPSA) is 71.2 Å². The summed E-state index contributed by atoms with van der Waals surface area (Å²) in [5.41, 5.74) is 6.96. The number of halogens is 2. The minimum absolute atomic E-state index is 0. The zero-order valence-corrected chi connectivity index (χ0v) is 17.4. The van der Waals surface area contributed by atoms with Gasteiger partial charge in [-0.15, -0.1) is 24.8 Å². The molecule has 1 aromatic heterocycles.